The zero-order chi connectivity index (χ0) is 16.4. The fraction of sp³-hybridized carbons (Fsp3) is 0.400. The first-order valence-electron chi connectivity index (χ1n) is 6.14. The molecule has 1 aromatic rings. The van der Waals surface area contributed by atoms with Gasteiger partial charge in [0, 0.05) is 11.0 Å². The molecule has 0 spiro atoms. The minimum atomic E-state index is -4.73. The van der Waals surface area contributed by atoms with Crippen molar-refractivity contribution in [3.05, 3.63) is 35.4 Å². The number of Topliss-reactive ketones (excluding diaryl/α,β-unsaturated/α-hetero) is 2. The number of nitrogens with zero attached hydrogens (tertiary/aromatic N) is 1. The van der Waals surface area contributed by atoms with Crippen LogP contribution >= 0.6 is 0 Å². The summed E-state index contributed by atoms with van der Waals surface area (Å²) in [5.41, 5.74) is -2.80. The highest BCUT2D eigenvalue weighted by Crippen LogP contribution is 2.33. The van der Waals surface area contributed by atoms with Crippen LogP contribution in [-0.2, 0) is 11.0 Å². The van der Waals surface area contributed by atoms with Crippen molar-refractivity contribution in [2.45, 2.75) is 26.9 Å². The highest BCUT2D eigenvalue weighted by molar-refractivity contribution is 6.14. The molecule has 0 radical (unpaired) electrons. The topological polar surface area (TPSA) is 57.9 Å². The van der Waals surface area contributed by atoms with E-state index in [2.05, 4.69) is 0 Å². The summed E-state index contributed by atoms with van der Waals surface area (Å²) in [5.74, 6) is -3.56. The highest BCUT2D eigenvalue weighted by Gasteiger charge is 2.40. The van der Waals surface area contributed by atoms with E-state index in [-0.39, 0.29) is 0 Å². The molecule has 21 heavy (non-hydrogen) atoms. The smallest absolute Gasteiger partial charge is 0.297 e. The number of carbonyl (C=O) groups excluding carboxylic acids is 2. The number of halogens is 3. The minimum Gasteiger partial charge on any atom is -0.297 e. The molecule has 0 saturated carbocycles. The van der Waals surface area contributed by atoms with Crippen molar-refractivity contribution in [3.63, 3.8) is 0 Å². The number of alkyl halides is 3. The number of hydrogen-bond donors (Lipinski definition) is 0. The lowest BCUT2D eigenvalue weighted by molar-refractivity contribution is -0.138. The third kappa shape index (κ3) is 3.69. The first kappa shape index (κ1) is 16.9. The lowest BCUT2D eigenvalue weighted by Crippen LogP contribution is -2.33. The maximum Gasteiger partial charge on any atom is 0.417 e. The van der Waals surface area contributed by atoms with Gasteiger partial charge in [-0.15, -0.1) is 0 Å². The molecule has 1 atom stereocenters. The van der Waals surface area contributed by atoms with Crippen molar-refractivity contribution in [1.29, 1.82) is 5.26 Å². The number of benzene rings is 1. The molecule has 6 heteroatoms. The molecule has 0 saturated heterocycles. The van der Waals surface area contributed by atoms with Crippen molar-refractivity contribution in [2.24, 2.45) is 11.3 Å². The summed E-state index contributed by atoms with van der Waals surface area (Å²) in [6, 6.07) is 5.66. The van der Waals surface area contributed by atoms with Crippen LogP contribution < -0.4 is 0 Å². The van der Waals surface area contributed by atoms with Crippen molar-refractivity contribution in [1.82, 2.24) is 0 Å². The van der Waals surface area contributed by atoms with E-state index in [0.717, 1.165) is 18.2 Å². The van der Waals surface area contributed by atoms with Crippen LogP contribution in [-0.4, -0.2) is 11.6 Å². The first-order valence-corrected chi connectivity index (χ1v) is 6.14. The van der Waals surface area contributed by atoms with Crippen LogP contribution in [0.25, 0.3) is 0 Å². The van der Waals surface area contributed by atoms with Crippen molar-refractivity contribution in [2.75, 3.05) is 0 Å². The van der Waals surface area contributed by atoms with Crippen molar-refractivity contribution >= 4 is 11.6 Å². The molecule has 0 aliphatic heterocycles. The maximum absolute atomic E-state index is 12.9. The van der Waals surface area contributed by atoms with Gasteiger partial charge < -0.3 is 0 Å². The molecule has 1 aromatic carbocycles. The largest absolute Gasteiger partial charge is 0.417 e. The Morgan fingerprint density at radius 3 is 2.10 bits per heavy atom. The molecule has 3 nitrogen and oxygen atoms in total. The summed E-state index contributed by atoms with van der Waals surface area (Å²) < 4.78 is 38.7. The third-order valence-corrected chi connectivity index (χ3v) is 2.89. The quantitative estimate of drug-likeness (QED) is 0.632. The van der Waals surface area contributed by atoms with Gasteiger partial charge in [-0.3, -0.25) is 9.59 Å². The van der Waals surface area contributed by atoms with Gasteiger partial charge in [-0.1, -0.05) is 39.0 Å². The Hall–Kier alpha value is -2.16. The zero-order valence-electron chi connectivity index (χ0n) is 11.8. The normalized spacial score (nSPS) is 13.4. The SMILES string of the molecule is CC(C)(C)C(=O)C(C#N)C(=O)c1ccccc1C(F)(F)F. The first-order chi connectivity index (χ1) is 9.50. The van der Waals surface area contributed by atoms with E-state index in [1.807, 2.05) is 0 Å². The fourth-order valence-corrected chi connectivity index (χ4v) is 1.77. The van der Waals surface area contributed by atoms with Gasteiger partial charge in [0.2, 0.25) is 0 Å². The van der Waals surface area contributed by atoms with Gasteiger partial charge in [0.15, 0.2) is 17.5 Å². The Bertz CT molecular complexity index is 607. The van der Waals surface area contributed by atoms with E-state index in [1.165, 1.54) is 32.9 Å². The number of rotatable bonds is 3. The molecule has 0 heterocycles. The number of hydrogen-bond acceptors (Lipinski definition) is 3. The van der Waals surface area contributed by atoms with Crippen LogP contribution in [0.2, 0.25) is 0 Å². The second kappa shape index (κ2) is 5.68. The van der Waals surface area contributed by atoms with Gasteiger partial charge in [-0.2, -0.15) is 18.4 Å². The van der Waals surface area contributed by atoms with Crippen LogP contribution in [0.3, 0.4) is 0 Å². The Balaban J connectivity index is 3.32. The summed E-state index contributed by atoms with van der Waals surface area (Å²) in [7, 11) is 0. The van der Waals surface area contributed by atoms with Crippen molar-refractivity contribution < 1.29 is 22.8 Å². The predicted molar refractivity (Wildman–Crippen MR) is 69.3 cm³/mol. The fourth-order valence-electron chi connectivity index (χ4n) is 1.77. The minimum absolute atomic E-state index is 0.658. The Kier molecular flexibility index (Phi) is 4.57. The van der Waals surface area contributed by atoms with Crippen molar-refractivity contribution in [3.8, 4) is 6.07 Å². The molecular formula is C15H14F3NO2. The van der Waals surface area contributed by atoms with E-state index >= 15 is 0 Å². The van der Waals surface area contributed by atoms with E-state index in [0.29, 0.717) is 0 Å². The molecule has 0 N–H and O–H groups in total. The molecule has 0 bridgehead atoms. The second-order valence-corrected chi connectivity index (χ2v) is 5.58. The van der Waals surface area contributed by atoms with Crippen LogP contribution in [0.5, 0.6) is 0 Å². The lowest BCUT2D eigenvalue weighted by atomic mass is 9.80. The molecular weight excluding hydrogens is 283 g/mol. The van der Waals surface area contributed by atoms with Crippen LogP contribution in [0.1, 0.15) is 36.7 Å². The monoisotopic (exact) mass is 297 g/mol. The van der Waals surface area contributed by atoms with Gasteiger partial charge in [0.1, 0.15) is 0 Å². The Morgan fingerprint density at radius 2 is 1.67 bits per heavy atom. The lowest BCUT2D eigenvalue weighted by Gasteiger charge is -2.20. The predicted octanol–water partition coefficient (Wildman–Crippen LogP) is 3.64. The number of nitriles is 1. The van der Waals surface area contributed by atoms with Gasteiger partial charge in [0.25, 0.3) is 0 Å². The van der Waals surface area contributed by atoms with E-state index in [9.17, 15) is 22.8 Å². The van der Waals surface area contributed by atoms with E-state index < -0.39 is 40.2 Å². The zero-order valence-corrected chi connectivity index (χ0v) is 11.8. The average molecular weight is 297 g/mol. The van der Waals surface area contributed by atoms with E-state index in [4.69, 9.17) is 5.26 Å². The maximum atomic E-state index is 12.9. The van der Waals surface area contributed by atoms with E-state index in [1.54, 1.807) is 0 Å². The Labute approximate surface area is 120 Å². The van der Waals surface area contributed by atoms with Crippen LogP contribution in [0.4, 0.5) is 13.2 Å². The molecule has 0 aliphatic carbocycles. The second-order valence-electron chi connectivity index (χ2n) is 5.58. The molecule has 0 amide bonds. The summed E-state index contributed by atoms with van der Waals surface area (Å²) >= 11 is 0. The molecule has 1 unspecified atom stereocenters. The number of carbonyl (C=O) groups is 2. The standard InChI is InChI=1S/C15H14F3NO2/c1-14(2,3)13(21)10(8-19)12(20)9-6-4-5-7-11(9)15(16,17)18/h4-7,10H,1-3H3. The highest BCUT2D eigenvalue weighted by atomic mass is 19.4. The summed E-state index contributed by atoms with van der Waals surface area (Å²) in [5, 5.41) is 9.01. The third-order valence-electron chi connectivity index (χ3n) is 2.89. The van der Waals surface area contributed by atoms with Gasteiger partial charge in [-0.25, -0.2) is 0 Å². The molecule has 0 fully saturated rings. The van der Waals surface area contributed by atoms with Crippen LogP contribution in [0.15, 0.2) is 24.3 Å². The molecule has 0 aliphatic rings. The molecule has 0 aromatic heterocycles. The summed E-state index contributed by atoms with van der Waals surface area (Å²) in [4.78, 5) is 24.2. The van der Waals surface area contributed by atoms with Gasteiger partial charge >= 0.3 is 6.18 Å². The van der Waals surface area contributed by atoms with Gasteiger partial charge in [0.05, 0.1) is 11.6 Å². The molecule has 1 rings (SSSR count). The summed E-state index contributed by atoms with van der Waals surface area (Å²) in [6.45, 7) is 4.51. The Morgan fingerprint density at radius 1 is 1.14 bits per heavy atom. The molecule has 112 valence electrons. The average Bonchev–Trinajstić information content (AvgIpc) is 2.37. The number of ketones is 2. The summed E-state index contributed by atoms with van der Waals surface area (Å²) in [6.07, 6.45) is -4.73. The van der Waals surface area contributed by atoms with Crippen LogP contribution in [0, 0.1) is 22.7 Å². The van der Waals surface area contributed by atoms with Gasteiger partial charge in [-0.05, 0) is 6.07 Å².